The van der Waals surface area contributed by atoms with Crippen molar-refractivity contribution in [1.29, 1.82) is 0 Å². The predicted molar refractivity (Wildman–Crippen MR) is 102 cm³/mol. The molecule has 0 unspecified atom stereocenters. The summed E-state index contributed by atoms with van der Waals surface area (Å²) in [6.45, 7) is 0.856. The van der Waals surface area contributed by atoms with E-state index in [0.29, 0.717) is 11.3 Å². The second-order valence-electron chi connectivity index (χ2n) is 7.81. The second-order valence-corrected chi connectivity index (χ2v) is 7.81. The van der Waals surface area contributed by atoms with E-state index in [9.17, 15) is 23.2 Å². The van der Waals surface area contributed by atoms with Crippen molar-refractivity contribution < 1.29 is 13.6 Å². The van der Waals surface area contributed by atoms with Crippen LogP contribution in [0, 0.1) is 5.41 Å². The highest BCUT2D eigenvalue weighted by atomic mass is 19.3. The minimum Gasteiger partial charge on any atom is -0.361 e. The van der Waals surface area contributed by atoms with E-state index in [1.165, 1.54) is 39.7 Å². The van der Waals surface area contributed by atoms with Gasteiger partial charge in [0.1, 0.15) is 5.69 Å². The number of H-pyrrole nitrogens is 2. The molecule has 30 heavy (non-hydrogen) atoms. The summed E-state index contributed by atoms with van der Waals surface area (Å²) in [5, 5.41) is 4.32. The molecule has 5 rings (SSSR count). The summed E-state index contributed by atoms with van der Waals surface area (Å²) in [5.41, 5.74) is -1.55. The molecular weight excluding hydrogens is 400 g/mol. The molecule has 0 radical (unpaired) electrons. The average Bonchev–Trinajstić information content (AvgIpc) is 3.20. The van der Waals surface area contributed by atoms with Crippen LogP contribution in [-0.2, 0) is 4.79 Å². The summed E-state index contributed by atoms with van der Waals surface area (Å²) in [4.78, 5) is 46.7. The van der Waals surface area contributed by atoms with Gasteiger partial charge in [-0.05, 0) is 6.07 Å². The standard InChI is InChI=1S/C18H17F2N7O3/c1-10(28)25-6-17(7-25)8-26(9-18(17,19)20)13-4-12(24-27-3-2-21-14(13)27)11-5-22-16(30)23-15(11)29/h2-5H,6-9H2,1H3,(H2,22,23,29,30). The van der Waals surface area contributed by atoms with Gasteiger partial charge in [-0.2, -0.15) is 5.10 Å². The third kappa shape index (κ3) is 2.56. The Bertz CT molecular complexity index is 1290. The maximum absolute atomic E-state index is 15.0. The Labute approximate surface area is 167 Å². The lowest BCUT2D eigenvalue weighted by Crippen LogP contribution is -2.65. The normalized spacial score (nSPS) is 19.4. The highest BCUT2D eigenvalue weighted by Gasteiger charge is 2.66. The molecule has 0 bridgehead atoms. The quantitative estimate of drug-likeness (QED) is 0.609. The van der Waals surface area contributed by atoms with Gasteiger partial charge >= 0.3 is 5.69 Å². The summed E-state index contributed by atoms with van der Waals surface area (Å²) in [6, 6.07) is 1.52. The zero-order valence-electron chi connectivity index (χ0n) is 15.9. The van der Waals surface area contributed by atoms with Gasteiger partial charge in [-0.1, -0.05) is 0 Å². The van der Waals surface area contributed by atoms with Gasteiger partial charge in [0.25, 0.3) is 11.5 Å². The number of aromatic nitrogens is 5. The molecule has 0 aliphatic carbocycles. The average molecular weight is 417 g/mol. The minimum absolute atomic E-state index is 0.00586. The van der Waals surface area contributed by atoms with Crippen molar-refractivity contribution in [3.8, 4) is 11.3 Å². The minimum atomic E-state index is -3.00. The number of anilines is 1. The summed E-state index contributed by atoms with van der Waals surface area (Å²) in [6.07, 6.45) is 4.26. The van der Waals surface area contributed by atoms with E-state index >= 15 is 0 Å². The number of carbonyl (C=O) groups excluding carboxylic acids is 1. The zero-order valence-corrected chi connectivity index (χ0v) is 15.9. The van der Waals surface area contributed by atoms with E-state index in [2.05, 4.69) is 20.1 Å². The first-order valence-corrected chi connectivity index (χ1v) is 9.24. The maximum atomic E-state index is 15.0. The van der Waals surface area contributed by atoms with Gasteiger partial charge in [0.2, 0.25) is 5.91 Å². The Morgan fingerprint density at radius 2 is 1.97 bits per heavy atom. The van der Waals surface area contributed by atoms with Crippen molar-refractivity contribution in [3.63, 3.8) is 0 Å². The summed E-state index contributed by atoms with van der Waals surface area (Å²) in [7, 11) is 0. The number of aromatic amines is 2. The summed E-state index contributed by atoms with van der Waals surface area (Å²) >= 11 is 0. The van der Waals surface area contributed by atoms with Crippen LogP contribution in [0.5, 0.6) is 0 Å². The molecule has 0 atom stereocenters. The monoisotopic (exact) mass is 417 g/mol. The van der Waals surface area contributed by atoms with Crippen molar-refractivity contribution in [1.82, 2.24) is 29.5 Å². The van der Waals surface area contributed by atoms with Crippen LogP contribution in [0.25, 0.3) is 16.9 Å². The first-order chi connectivity index (χ1) is 14.2. The number of fused-ring (bicyclic) bond motifs is 1. The van der Waals surface area contributed by atoms with Gasteiger partial charge in [-0.15, -0.1) is 0 Å². The van der Waals surface area contributed by atoms with Crippen LogP contribution in [0.4, 0.5) is 14.5 Å². The number of nitrogens with one attached hydrogen (secondary N) is 2. The number of carbonyl (C=O) groups is 1. The Morgan fingerprint density at radius 1 is 1.20 bits per heavy atom. The third-order valence-electron chi connectivity index (χ3n) is 5.87. The van der Waals surface area contributed by atoms with Crippen molar-refractivity contribution in [2.75, 3.05) is 31.1 Å². The fraction of sp³-hybridized carbons (Fsp3) is 0.389. The number of rotatable bonds is 2. The van der Waals surface area contributed by atoms with Gasteiger partial charge in [-0.25, -0.2) is 23.1 Å². The van der Waals surface area contributed by atoms with Crippen LogP contribution >= 0.6 is 0 Å². The molecule has 2 fully saturated rings. The number of nitrogens with zero attached hydrogens (tertiary/aromatic N) is 5. The molecule has 0 saturated carbocycles. The molecule has 3 aromatic heterocycles. The topological polar surface area (TPSA) is 119 Å². The molecule has 2 saturated heterocycles. The van der Waals surface area contributed by atoms with Crippen molar-refractivity contribution in [3.05, 3.63) is 45.5 Å². The van der Waals surface area contributed by atoms with Gasteiger partial charge in [0, 0.05) is 45.1 Å². The van der Waals surface area contributed by atoms with Gasteiger partial charge in [0.15, 0.2) is 5.65 Å². The highest BCUT2D eigenvalue weighted by molar-refractivity contribution is 5.76. The van der Waals surface area contributed by atoms with Crippen molar-refractivity contribution in [2.45, 2.75) is 12.8 Å². The Balaban J connectivity index is 1.58. The molecule has 2 aliphatic heterocycles. The highest BCUT2D eigenvalue weighted by Crippen LogP contribution is 2.51. The van der Waals surface area contributed by atoms with E-state index in [-0.39, 0.29) is 36.8 Å². The lowest BCUT2D eigenvalue weighted by atomic mass is 9.76. The van der Waals surface area contributed by atoms with Crippen LogP contribution in [0.1, 0.15) is 6.92 Å². The third-order valence-corrected chi connectivity index (χ3v) is 5.87. The molecule has 1 spiro atoms. The van der Waals surface area contributed by atoms with E-state index < -0.39 is 29.1 Å². The molecule has 156 valence electrons. The number of hydrogen-bond acceptors (Lipinski definition) is 6. The predicted octanol–water partition coefficient (Wildman–Crippen LogP) is 0.0767. The van der Waals surface area contributed by atoms with Crippen LogP contribution in [0.15, 0.2) is 34.2 Å². The van der Waals surface area contributed by atoms with Gasteiger partial charge in [-0.3, -0.25) is 14.6 Å². The smallest absolute Gasteiger partial charge is 0.325 e. The Kier molecular flexibility index (Phi) is 3.67. The fourth-order valence-electron chi connectivity index (χ4n) is 4.22. The number of likely N-dealkylation sites (tertiary alicyclic amines) is 1. The number of imidazole rings is 1. The molecule has 5 heterocycles. The lowest BCUT2D eigenvalue weighted by molar-refractivity contribution is -0.171. The van der Waals surface area contributed by atoms with E-state index in [1.807, 2.05) is 0 Å². The van der Waals surface area contributed by atoms with Gasteiger partial charge in [0.05, 0.1) is 23.2 Å². The molecule has 1 amide bonds. The molecule has 10 nitrogen and oxygen atoms in total. The Hall–Kier alpha value is -3.57. The molecule has 2 N–H and O–H groups in total. The Morgan fingerprint density at radius 3 is 2.67 bits per heavy atom. The van der Waals surface area contributed by atoms with Crippen LogP contribution in [0.2, 0.25) is 0 Å². The maximum Gasteiger partial charge on any atom is 0.325 e. The van der Waals surface area contributed by atoms with Crippen molar-refractivity contribution in [2.24, 2.45) is 5.41 Å². The lowest BCUT2D eigenvalue weighted by Gasteiger charge is -2.49. The van der Waals surface area contributed by atoms with Crippen molar-refractivity contribution >= 4 is 17.2 Å². The fourth-order valence-corrected chi connectivity index (χ4v) is 4.22. The van der Waals surface area contributed by atoms with E-state index in [1.54, 1.807) is 6.20 Å². The molecule has 12 heteroatoms. The molecule has 3 aromatic rings. The second kappa shape index (κ2) is 5.97. The zero-order chi connectivity index (χ0) is 21.3. The number of halogens is 2. The number of hydrogen-bond donors (Lipinski definition) is 2. The molecule has 0 aromatic carbocycles. The van der Waals surface area contributed by atoms with E-state index in [0.717, 1.165) is 0 Å². The van der Waals surface area contributed by atoms with Crippen LogP contribution in [-0.4, -0.2) is 67.5 Å². The van der Waals surface area contributed by atoms with Gasteiger partial charge < -0.3 is 14.8 Å². The largest absolute Gasteiger partial charge is 0.361 e. The summed E-state index contributed by atoms with van der Waals surface area (Å²) in [5.74, 6) is -3.23. The SMILES string of the molecule is CC(=O)N1CC2(C1)CN(c1cc(-c3c[nH]c(=O)[nH]c3=O)nn3ccnc13)CC2(F)F. The van der Waals surface area contributed by atoms with E-state index in [4.69, 9.17) is 0 Å². The number of amides is 1. The molecule has 2 aliphatic rings. The van der Waals surface area contributed by atoms with Crippen LogP contribution < -0.4 is 16.1 Å². The summed E-state index contributed by atoms with van der Waals surface area (Å²) < 4.78 is 31.3. The number of alkyl halides is 2. The molecular formula is C18H17F2N7O3. The first kappa shape index (κ1) is 18.5. The van der Waals surface area contributed by atoms with Crippen LogP contribution in [0.3, 0.4) is 0 Å². The first-order valence-electron chi connectivity index (χ1n) is 9.24.